The molecule has 0 spiro atoms. The quantitative estimate of drug-likeness (QED) is 0.567. The lowest BCUT2D eigenvalue weighted by Gasteiger charge is -2.41. The molecule has 0 amide bonds. The van der Waals surface area contributed by atoms with Crippen molar-refractivity contribution in [2.45, 2.75) is 77.2 Å². The van der Waals surface area contributed by atoms with E-state index in [0.717, 1.165) is 5.92 Å². The fraction of sp³-hybridized carbons (Fsp3) is 1.00. The summed E-state index contributed by atoms with van der Waals surface area (Å²) in [6, 6.07) is 0.552. The maximum atomic E-state index is 5.82. The van der Waals surface area contributed by atoms with E-state index in [9.17, 15) is 0 Å². The summed E-state index contributed by atoms with van der Waals surface area (Å²) < 4.78 is 0. The van der Waals surface area contributed by atoms with E-state index < -0.39 is 0 Å². The summed E-state index contributed by atoms with van der Waals surface area (Å²) in [6.45, 7) is 2.45. The van der Waals surface area contributed by atoms with Crippen molar-refractivity contribution in [3.63, 3.8) is 0 Å². The van der Waals surface area contributed by atoms with Crippen LogP contribution in [0.1, 0.15) is 71.1 Å². The smallest absolute Gasteiger partial charge is 0.0266 e. The van der Waals surface area contributed by atoms with Gasteiger partial charge in [-0.1, -0.05) is 51.9 Å². The summed E-state index contributed by atoms with van der Waals surface area (Å²) in [4.78, 5) is 0. The molecular formula is C14H28N2. The van der Waals surface area contributed by atoms with E-state index in [1.807, 2.05) is 0 Å². The lowest BCUT2D eigenvalue weighted by atomic mass is 9.68. The minimum atomic E-state index is 0.468. The first kappa shape index (κ1) is 12.4. The third kappa shape index (κ3) is 2.78. The van der Waals surface area contributed by atoms with Crippen LogP contribution in [0.2, 0.25) is 0 Å². The number of nitrogens with two attached hydrogens (primary N) is 1. The Morgan fingerprint density at radius 2 is 1.75 bits per heavy atom. The molecule has 2 aliphatic rings. The van der Waals surface area contributed by atoms with Gasteiger partial charge in [0.2, 0.25) is 0 Å². The average molecular weight is 224 g/mol. The first-order chi connectivity index (χ1) is 7.74. The molecule has 2 heteroatoms. The highest BCUT2D eigenvalue weighted by Crippen LogP contribution is 2.42. The second-order valence-corrected chi connectivity index (χ2v) is 6.32. The Labute approximate surface area is 100 Å². The summed E-state index contributed by atoms with van der Waals surface area (Å²) in [5.41, 5.74) is 3.61. The largest absolute Gasteiger partial charge is 0.271 e. The van der Waals surface area contributed by atoms with Crippen LogP contribution >= 0.6 is 0 Å². The van der Waals surface area contributed by atoms with Crippen molar-refractivity contribution in [3.8, 4) is 0 Å². The minimum Gasteiger partial charge on any atom is -0.271 e. The van der Waals surface area contributed by atoms with E-state index in [0.29, 0.717) is 11.5 Å². The molecule has 1 atom stereocenters. The number of rotatable bonds is 4. The summed E-state index contributed by atoms with van der Waals surface area (Å²) >= 11 is 0. The van der Waals surface area contributed by atoms with E-state index in [2.05, 4.69) is 12.3 Å². The number of nitrogens with one attached hydrogen (secondary N) is 1. The van der Waals surface area contributed by atoms with Crippen molar-refractivity contribution in [1.29, 1.82) is 0 Å². The average Bonchev–Trinajstić information content (AvgIpc) is 2.79. The van der Waals surface area contributed by atoms with Gasteiger partial charge in [-0.3, -0.25) is 11.3 Å². The van der Waals surface area contributed by atoms with Gasteiger partial charge < -0.3 is 0 Å². The van der Waals surface area contributed by atoms with Crippen LogP contribution in [0, 0.1) is 11.3 Å². The predicted molar refractivity (Wildman–Crippen MR) is 68.9 cm³/mol. The Bertz CT molecular complexity index is 203. The zero-order chi connectivity index (χ0) is 11.4. The molecule has 0 aromatic carbocycles. The van der Waals surface area contributed by atoms with Crippen LogP contribution in [0.3, 0.4) is 0 Å². The summed E-state index contributed by atoms with van der Waals surface area (Å²) in [7, 11) is 0. The minimum absolute atomic E-state index is 0.468. The van der Waals surface area contributed by atoms with Crippen LogP contribution in [0.4, 0.5) is 0 Å². The zero-order valence-corrected chi connectivity index (χ0v) is 10.8. The fourth-order valence-electron chi connectivity index (χ4n) is 3.84. The molecule has 16 heavy (non-hydrogen) atoms. The Morgan fingerprint density at radius 1 is 1.12 bits per heavy atom. The standard InChI is InChI=1S/C14H28N2/c1-14(9-5-2-6-10-14)13(16-15)11-12-7-3-4-8-12/h12-13,16H,2-11,15H2,1H3. The van der Waals surface area contributed by atoms with Crippen LogP contribution in [-0.4, -0.2) is 6.04 Å². The Kier molecular flexibility index (Phi) is 4.26. The predicted octanol–water partition coefficient (Wildman–Crippen LogP) is 3.37. The molecule has 0 aromatic rings. The molecule has 0 aromatic heterocycles. The zero-order valence-electron chi connectivity index (χ0n) is 10.8. The highest BCUT2D eigenvalue weighted by molar-refractivity contribution is 4.90. The second kappa shape index (κ2) is 5.50. The van der Waals surface area contributed by atoms with E-state index >= 15 is 0 Å². The highest BCUT2D eigenvalue weighted by Gasteiger charge is 2.36. The molecule has 3 N–H and O–H groups in total. The summed E-state index contributed by atoms with van der Waals surface area (Å²) in [5.74, 6) is 6.76. The molecule has 94 valence electrons. The van der Waals surface area contributed by atoms with Gasteiger partial charge in [0.05, 0.1) is 0 Å². The van der Waals surface area contributed by atoms with Crippen LogP contribution in [0.25, 0.3) is 0 Å². The van der Waals surface area contributed by atoms with Crippen molar-refractivity contribution < 1.29 is 0 Å². The fourth-order valence-corrected chi connectivity index (χ4v) is 3.84. The van der Waals surface area contributed by atoms with Crippen LogP contribution in [0.5, 0.6) is 0 Å². The molecule has 2 rings (SSSR count). The van der Waals surface area contributed by atoms with Crippen molar-refractivity contribution in [2.75, 3.05) is 0 Å². The maximum Gasteiger partial charge on any atom is 0.0266 e. The van der Waals surface area contributed by atoms with Gasteiger partial charge in [-0.05, 0) is 30.6 Å². The van der Waals surface area contributed by atoms with Gasteiger partial charge in [0.1, 0.15) is 0 Å². The molecule has 0 saturated heterocycles. The molecule has 0 aliphatic heterocycles. The van der Waals surface area contributed by atoms with Crippen LogP contribution < -0.4 is 11.3 Å². The number of hydrogen-bond acceptors (Lipinski definition) is 2. The monoisotopic (exact) mass is 224 g/mol. The molecule has 0 radical (unpaired) electrons. The second-order valence-electron chi connectivity index (χ2n) is 6.32. The SMILES string of the molecule is CC1(C(CC2CCCC2)NN)CCCCC1. The van der Waals surface area contributed by atoms with E-state index in [1.165, 1.54) is 64.2 Å². The van der Waals surface area contributed by atoms with Gasteiger partial charge in [0.15, 0.2) is 0 Å². The van der Waals surface area contributed by atoms with Gasteiger partial charge in [0.25, 0.3) is 0 Å². The Balaban J connectivity index is 1.91. The van der Waals surface area contributed by atoms with Crippen molar-refractivity contribution >= 4 is 0 Å². The van der Waals surface area contributed by atoms with E-state index in [4.69, 9.17) is 5.84 Å². The van der Waals surface area contributed by atoms with Gasteiger partial charge in [-0.15, -0.1) is 0 Å². The van der Waals surface area contributed by atoms with Crippen LogP contribution in [-0.2, 0) is 0 Å². The first-order valence-corrected chi connectivity index (χ1v) is 7.21. The summed E-state index contributed by atoms with van der Waals surface area (Å²) in [5, 5.41) is 0. The molecule has 1 unspecified atom stereocenters. The molecule has 0 heterocycles. The number of hydrogen-bond donors (Lipinski definition) is 2. The maximum absolute atomic E-state index is 5.82. The molecule has 2 nitrogen and oxygen atoms in total. The number of hydrazine groups is 1. The molecule has 2 fully saturated rings. The third-order valence-corrected chi connectivity index (χ3v) is 5.08. The Morgan fingerprint density at radius 3 is 2.31 bits per heavy atom. The lowest BCUT2D eigenvalue weighted by molar-refractivity contribution is 0.125. The first-order valence-electron chi connectivity index (χ1n) is 7.21. The van der Waals surface area contributed by atoms with Gasteiger partial charge in [-0.2, -0.15) is 0 Å². The van der Waals surface area contributed by atoms with E-state index in [1.54, 1.807) is 0 Å². The third-order valence-electron chi connectivity index (χ3n) is 5.08. The van der Waals surface area contributed by atoms with Crippen molar-refractivity contribution in [2.24, 2.45) is 17.2 Å². The topological polar surface area (TPSA) is 38.0 Å². The molecule has 2 aliphatic carbocycles. The van der Waals surface area contributed by atoms with Crippen LogP contribution in [0.15, 0.2) is 0 Å². The van der Waals surface area contributed by atoms with E-state index in [-0.39, 0.29) is 0 Å². The van der Waals surface area contributed by atoms with Gasteiger partial charge >= 0.3 is 0 Å². The van der Waals surface area contributed by atoms with Crippen molar-refractivity contribution in [3.05, 3.63) is 0 Å². The van der Waals surface area contributed by atoms with Gasteiger partial charge in [-0.25, -0.2) is 0 Å². The summed E-state index contributed by atoms with van der Waals surface area (Å²) in [6.07, 6.45) is 14.0. The normalized spacial score (nSPS) is 28.1. The molecule has 0 bridgehead atoms. The molecular weight excluding hydrogens is 196 g/mol. The van der Waals surface area contributed by atoms with Gasteiger partial charge in [0, 0.05) is 6.04 Å². The van der Waals surface area contributed by atoms with Crippen molar-refractivity contribution in [1.82, 2.24) is 5.43 Å². The Hall–Kier alpha value is -0.0800. The lowest BCUT2D eigenvalue weighted by Crippen LogP contribution is -2.48. The molecule has 2 saturated carbocycles. The highest BCUT2D eigenvalue weighted by atomic mass is 15.2.